The van der Waals surface area contributed by atoms with E-state index in [1.807, 2.05) is 29.2 Å². The SMILES string of the molecule is C=CC(=O)N1CC(CN2C(=O)C(CN3CCCC3)Oc3cc(-c4cc(C)cc5ccccc45)c(Cl)cc32)C1. The van der Waals surface area contributed by atoms with Gasteiger partial charge >= 0.3 is 0 Å². The number of anilines is 1. The molecule has 7 heteroatoms. The fourth-order valence-electron chi connectivity index (χ4n) is 5.99. The summed E-state index contributed by atoms with van der Waals surface area (Å²) in [6.45, 7) is 9.97. The zero-order chi connectivity index (χ0) is 26.4. The number of carbonyl (C=O) groups excluding carboxylic acids is 2. The van der Waals surface area contributed by atoms with Crippen molar-refractivity contribution in [3.8, 4) is 16.9 Å². The summed E-state index contributed by atoms with van der Waals surface area (Å²) in [5.74, 6) is 0.764. The second-order valence-corrected chi connectivity index (χ2v) is 11.1. The van der Waals surface area contributed by atoms with Crippen LogP contribution in [0, 0.1) is 12.8 Å². The molecule has 0 aliphatic carbocycles. The van der Waals surface area contributed by atoms with Gasteiger partial charge in [-0.2, -0.15) is 0 Å². The normalized spacial score (nSPS) is 19.8. The molecule has 3 aliphatic heterocycles. The standard InChI is InChI=1S/C31H32ClN3O3/c1-3-30(36)34-16-21(17-34)18-35-27-15-26(32)25(24-13-20(2)12-22-8-4-5-9-23(22)24)14-28(27)38-29(31(35)37)19-33-10-6-7-11-33/h3-5,8-9,12-15,21,29H,1,6-7,10-11,16-19H2,2H3. The van der Waals surface area contributed by atoms with Crippen LogP contribution in [0.25, 0.3) is 21.9 Å². The van der Waals surface area contributed by atoms with E-state index in [1.54, 1.807) is 4.90 Å². The highest BCUT2D eigenvalue weighted by Gasteiger charge is 2.40. The van der Waals surface area contributed by atoms with Crippen LogP contribution in [0.1, 0.15) is 18.4 Å². The number of amides is 2. The highest BCUT2D eigenvalue weighted by Crippen LogP contribution is 2.44. The molecule has 1 unspecified atom stereocenters. The van der Waals surface area contributed by atoms with Gasteiger partial charge in [0.05, 0.1) is 10.7 Å². The maximum Gasteiger partial charge on any atom is 0.269 e. The smallest absolute Gasteiger partial charge is 0.269 e. The first kappa shape index (κ1) is 25.0. The summed E-state index contributed by atoms with van der Waals surface area (Å²) < 4.78 is 6.44. The third-order valence-corrected chi connectivity index (χ3v) is 8.27. The van der Waals surface area contributed by atoms with Crippen molar-refractivity contribution in [2.75, 3.05) is 44.2 Å². The zero-order valence-corrected chi connectivity index (χ0v) is 22.4. The second kappa shape index (κ2) is 10.1. The summed E-state index contributed by atoms with van der Waals surface area (Å²) in [6, 6.07) is 16.5. The van der Waals surface area contributed by atoms with Gasteiger partial charge in [0.15, 0.2) is 6.10 Å². The summed E-state index contributed by atoms with van der Waals surface area (Å²) in [6.07, 6.45) is 3.07. The third-order valence-electron chi connectivity index (χ3n) is 7.95. The molecule has 3 heterocycles. The van der Waals surface area contributed by atoms with Crippen molar-refractivity contribution in [3.05, 3.63) is 71.8 Å². The van der Waals surface area contributed by atoms with Gasteiger partial charge in [0.1, 0.15) is 5.75 Å². The number of hydrogen-bond donors (Lipinski definition) is 0. The van der Waals surface area contributed by atoms with Gasteiger partial charge in [0.25, 0.3) is 5.91 Å². The molecular weight excluding hydrogens is 498 g/mol. The molecule has 2 fully saturated rings. The van der Waals surface area contributed by atoms with Crippen LogP contribution < -0.4 is 9.64 Å². The lowest BCUT2D eigenvalue weighted by atomic mass is 9.94. The van der Waals surface area contributed by atoms with E-state index in [1.165, 1.54) is 6.08 Å². The Morgan fingerprint density at radius 1 is 1.08 bits per heavy atom. The van der Waals surface area contributed by atoms with Gasteiger partial charge in [0.2, 0.25) is 5.91 Å². The fraction of sp³-hybridized carbons (Fsp3) is 0.355. The largest absolute Gasteiger partial charge is 0.477 e. The maximum absolute atomic E-state index is 13.7. The molecule has 0 saturated carbocycles. The van der Waals surface area contributed by atoms with E-state index >= 15 is 0 Å². The molecule has 0 aromatic heterocycles. The molecule has 6 rings (SSSR count). The van der Waals surface area contributed by atoms with Gasteiger partial charge < -0.3 is 14.5 Å². The van der Waals surface area contributed by atoms with Gasteiger partial charge in [0, 0.05) is 37.7 Å². The van der Waals surface area contributed by atoms with E-state index in [0.29, 0.717) is 42.6 Å². The number of ether oxygens (including phenoxy) is 1. The van der Waals surface area contributed by atoms with Crippen molar-refractivity contribution in [1.29, 1.82) is 0 Å². The van der Waals surface area contributed by atoms with Crippen molar-refractivity contribution >= 4 is 39.9 Å². The third kappa shape index (κ3) is 4.56. The van der Waals surface area contributed by atoms with Crippen LogP contribution in [0.4, 0.5) is 5.69 Å². The number of nitrogens with zero attached hydrogens (tertiary/aromatic N) is 3. The van der Waals surface area contributed by atoms with Crippen LogP contribution in [0.5, 0.6) is 5.75 Å². The Hall–Kier alpha value is -3.35. The lowest BCUT2D eigenvalue weighted by Gasteiger charge is -2.43. The van der Waals surface area contributed by atoms with Crippen LogP contribution in [-0.4, -0.2) is 67.0 Å². The highest BCUT2D eigenvalue weighted by atomic mass is 35.5. The van der Waals surface area contributed by atoms with E-state index in [2.05, 4.69) is 42.7 Å². The predicted octanol–water partition coefficient (Wildman–Crippen LogP) is 5.30. The summed E-state index contributed by atoms with van der Waals surface area (Å²) in [5.41, 5.74) is 3.80. The van der Waals surface area contributed by atoms with E-state index < -0.39 is 6.10 Å². The molecule has 3 aromatic carbocycles. The first-order valence-corrected chi connectivity index (χ1v) is 13.7. The predicted molar refractivity (Wildman–Crippen MR) is 152 cm³/mol. The van der Waals surface area contributed by atoms with Crippen LogP contribution in [-0.2, 0) is 9.59 Å². The second-order valence-electron chi connectivity index (χ2n) is 10.7. The number of aryl methyl sites for hydroxylation is 1. The van der Waals surface area contributed by atoms with Crippen LogP contribution in [0.15, 0.2) is 61.2 Å². The molecule has 2 amide bonds. The first-order chi connectivity index (χ1) is 18.4. The maximum atomic E-state index is 13.7. The molecule has 0 N–H and O–H groups in total. The summed E-state index contributed by atoms with van der Waals surface area (Å²) >= 11 is 6.94. The average molecular weight is 530 g/mol. The molecule has 0 radical (unpaired) electrons. The van der Waals surface area contributed by atoms with E-state index in [9.17, 15) is 9.59 Å². The van der Waals surface area contributed by atoms with Gasteiger partial charge in [-0.25, -0.2) is 0 Å². The van der Waals surface area contributed by atoms with Gasteiger partial charge in [-0.15, -0.1) is 0 Å². The molecule has 0 spiro atoms. The summed E-state index contributed by atoms with van der Waals surface area (Å²) in [5, 5.41) is 2.86. The van der Waals surface area contributed by atoms with Gasteiger partial charge in [-0.05, 0) is 73.0 Å². The van der Waals surface area contributed by atoms with Crippen LogP contribution >= 0.6 is 11.6 Å². The van der Waals surface area contributed by atoms with Crippen molar-refractivity contribution in [2.24, 2.45) is 5.92 Å². The Morgan fingerprint density at radius 3 is 2.61 bits per heavy atom. The molecule has 2 saturated heterocycles. The van der Waals surface area contributed by atoms with E-state index in [4.69, 9.17) is 16.3 Å². The Balaban J connectivity index is 1.37. The molecule has 196 valence electrons. The number of hydrogen-bond acceptors (Lipinski definition) is 4. The monoisotopic (exact) mass is 529 g/mol. The molecule has 6 nitrogen and oxygen atoms in total. The highest BCUT2D eigenvalue weighted by molar-refractivity contribution is 6.34. The number of fused-ring (bicyclic) bond motifs is 2. The van der Waals surface area contributed by atoms with Crippen molar-refractivity contribution < 1.29 is 14.3 Å². The van der Waals surface area contributed by atoms with E-state index in [0.717, 1.165) is 53.4 Å². The summed E-state index contributed by atoms with van der Waals surface area (Å²) in [7, 11) is 0. The van der Waals surface area contributed by atoms with Gasteiger partial charge in [-0.1, -0.05) is 54.6 Å². The average Bonchev–Trinajstić information content (AvgIpc) is 3.40. The lowest BCUT2D eigenvalue weighted by Crippen LogP contribution is -2.57. The minimum atomic E-state index is -0.574. The number of rotatable bonds is 6. The van der Waals surface area contributed by atoms with Crippen molar-refractivity contribution in [3.63, 3.8) is 0 Å². The van der Waals surface area contributed by atoms with Crippen molar-refractivity contribution in [2.45, 2.75) is 25.9 Å². The van der Waals surface area contributed by atoms with Crippen LogP contribution in [0.3, 0.4) is 0 Å². The Morgan fingerprint density at radius 2 is 1.84 bits per heavy atom. The van der Waals surface area contributed by atoms with Crippen LogP contribution in [0.2, 0.25) is 5.02 Å². The Bertz CT molecular complexity index is 1430. The molecule has 3 aliphatic rings. The molecule has 0 bridgehead atoms. The Labute approximate surface area is 228 Å². The molecule has 3 aromatic rings. The van der Waals surface area contributed by atoms with Crippen molar-refractivity contribution in [1.82, 2.24) is 9.80 Å². The van der Waals surface area contributed by atoms with Gasteiger partial charge in [-0.3, -0.25) is 14.5 Å². The number of carbonyl (C=O) groups is 2. The zero-order valence-electron chi connectivity index (χ0n) is 21.7. The minimum Gasteiger partial charge on any atom is -0.477 e. The Kier molecular flexibility index (Phi) is 6.62. The fourth-order valence-corrected chi connectivity index (χ4v) is 6.25. The first-order valence-electron chi connectivity index (χ1n) is 13.4. The number of benzene rings is 3. The molecule has 1 atom stereocenters. The topological polar surface area (TPSA) is 53.1 Å². The quantitative estimate of drug-likeness (QED) is 0.406. The lowest BCUT2D eigenvalue weighted by molar-refractivity contribution is -0.132. The number of halogens is 1. The minimum absolute atomic E-state index is 0.0391. The number of likely N-dealkylation sites (tertiary alicyclic amines) is 2. The molecular formula is C31H32ClN3O3. The van der Waals surface area contributed by atoms with E-state index in [-0.39, 0.29) is 17.7 Å². The molecule has 38 heavy (non-hydrogen) atoms. The summed E-state index contributed by atoms with van der Waals surface area (Å²) in [4.78, 5) is 31.6.